The number of amides is 1. The molecule has 0 saturated carbocycles. The first kappa shape index (κ1) is 13.4. The molecule has 1 saturated heterocycles. The van der Waals surface area contributed by atoms with E-state index in [0.29, 0.717) is 5.02 Å². The molecule has 2 rings (SSSR count). The molecule has 1 aliphatic rings. The predicted octanol–water partition coefficient (Wildman–Crippen LogP) is 2.98. The minimum Gasteiger partial charge on any atom is -0.325 e. The molecule has 4 heteroatoms. The van der Waals surface area contributed by atoms with E-state index in [-0.39, 0.29) is 11.3 Å². The van der Waals surface area contributed by atoms with Crippen molar-refractivity contribution in [1.29, 1.82) is 0 Å². The number of hydrogen-bond donors (Lipinski definition) is 2. The van der Waals surface area contributed by atoms with Gasteiger partial charge in [-0.05, 0) is 44.0 Å². The van der Waals surface area contributed by atoms with Crippen LogP contribution in [-0.2, 0) is 4.79 Å². The third kappa shape index (κ3) is 2.52. The zero-order chi connectivity index (χ0) is 13.2. The topological polar surface area (TPSA) is 41.1 Å². The lowest BCUT2D eigenvalue weighted by Gasteiger charge is -2.25. The lowest BCUT2D eigenvalue weighted by molar-refractivity contribution is -0.124. The molecule has 0 bridgehead atoms. The zero-order valence-corrected chi connectivity index (χ0v) is 11.6. The third-order valence-corrected chi connectivity index (χ3v) is 4.09. The Kier molecular flexibility index (Phi) is 3.93. The van der Waals surface area contributed by atoms with Gasteiger partial charge in [0.15, 0.2) is 0 Å². The Morgan fingerprint density at radius 2 is 2.33 bits per heavy atom. The molecule has 0 spiro atoms. The Hall–Kier alpha value is -1.06. The fraction of sp³-hybridized carbons (Fsp3) is 0.500. The summed E-state index contributed by atoms with van der Waals surface area (Å²) in [6.45, 7) is 5.71. The zero-order valence-electron chi connectivity index (χ0n) is 10.8. The van der Waals surface area contributed by atoms with E-state index in [2.05, 4.69) is 17.6 Å². The van der Waals surface area contributed by atoms with Crippen molar-refractivity contribution in [2.24, 2.45) is 5.41 Å². The maximum Gasteiger partial charge on any atom is 0.231 e. The molecule has 1 aliphatic heterocycles. The smallest absolute Gasteiger partial charge is 0.231 e. The van der Waals surface area contributed by atoms with E-state index in [9.17, 15) is 4.79 Å². The van der Waals surface area contributed by atoms with Crippen LogP contribution in [0.25, 0.3) is 0 Å². The Morgan fingerprint density at radius 1 is 1.56 bits per heavy atom. The van der Waals surface area contributed by atoms with Gasteiger partial charge in [-0.1, -0.05) is 24.6 Å². The number of halogens is 1. The predicted molar refractivity (Wildman–Crippen MR) is 75.0 cm³/mol. The van der Waals surface area contributed by atoms with Gasteiger partial charge in [0.2, 0.25) is 5.91 Å². The molecule has 3 nitrogen and oxygen atoms in total. The van der Waals surface area contributed by atoms with Gasteiger partial charge in [-0.25, -0.2) is 0 Å². The van der Waals surface area contributed by atoms with Gasteiger partial charge in [-0.3, -0.25) is 4.79 Å². The van der Waals surface area contributed by atoms with Crippen LogP contribution in [-0.4, -0.2) is 19.0 Å². The highest BCUT2D eigenvalue weighted by Crippen LogP contribution is 2.31. The lowest BCUT2D eigenvalue weighted by atomic mass is 9.83. The molecular formula is C14H19ClN2O. The van der Waals surface area contributed by atoms with Gasteiger partial charge >= 0.3 is 0 Å². The van der Waals surface area contributed by atoms with E-state index in [1.54, 1.807) is 6.07 Å². The first-order valence-corrected chi connectivity index (χ1v) is 6.73. The summed E-state index contributed by atoms with van der Waals surface area (Å²) in [5.41, 5.74) is 1.58. The molecule has 0 aliphatic carbocycles. The summed E-state index contributed by atoms with van der Waals surface area (Å²) in [6.07, 6.45) is 1.75. The van der Waals surface area contributed by atoms with E-state index >= 15 is 0 Å². The number of carbonyl (C=O) groups excluding carboxylic acids is 1. The molecule has 1 heterocycles. The van der Waals surface area contributed by atoms with Gasteiger partial charge in [0, 0.05) is 17.3 Å². The van der Waals surface area contributed by atoms with Crippen molar-refractivity contribution in [3.8, 4) is 0 Å². The highest BCUT2D eigenvalue weighted by molar-refractivity contribution is 6.31. The second-order valence-corrected chi connectivity index (χ2v) is 5.41. The highest BCUT2D eigenvalue weighted by Gasteiger charge is 2.39. The van der Waals surface area contributed by atoms with Crippen molar-refractivity contribution in [2.45, 2.75) is 26.7 Å². The molecule has 2 N–H and O–H groups in total. The van der Waals surface area contributed by atoms with Crippen LogP contribution in [0.5, 0.6) is 0 Å². The average molecular weight is 267 g/mol. The fourth-order valence-corrected chi connectivity index (χ4v) is 2.56. The molecule has 1 aromatic rings. The minimum atomic E-state index is -0.269. The van der Waals surface area contributed by atoms with Crippen LogP contribution in [0.4, 0.5) is 5.69 Å². The molecule has 1 amide bonds. The average Bonchev–Trinajstić information content (AvgIpc) is 2.84. The Bertz CT molecular complexity index is 453. The second kappa shape index (κ2) is 5.29. The first-order chi connectivity index (χ1) is 8.57. The van der Waals surface area contributed by atoms with Crippen LogP contribution in [0.2, 0.25) is 5.02 Å². The maximum absolute atomic E-state index is 12.4. The van der Waals surface area contributed by atoms with Gasteiger partial charge in [-0.15, -0.1) is 0 Å². The SMILES string of the molecule is CCC1(C(=O)Nc2cc(Cl)ccc2C)CCNC1. The van der Waals surface area contributed by atoms with E-state index < -0.39 is 0 Å². The maximum atomic E-state index is 12.4. The molecule has 0 radical (unpaired) electrons. The minimum absolute atomic E-state index is 0.0976. The number of benzene rings is 1. The Morgan fingerprint density at radius 3 is 2.94 bits per heavy atom. The van der Waals surface area contributed by atoms with Crippen LogP contribution in [0.15, 0.2) is 18.2 Å². The number of anilines is 1. The monoisotopic (exact) mass is 266 g/mol. The van der Waals surface area contributed by atoms with Crippen molar-refractivity contribution in [3.05, 3.63) is 28.8 Å². The van der Waals surface area contributed by atoms with Crippen molar-refractivity contribution >= 4 is 23.2 Å². The highest BCUT2D eigenvalue weighted by atomic mass is 35.5. The summed E-state index contributed by atoms with van der Waals surface area (Å²) in [7, 11) is 0. The fourth-order valence-electron chi connectivity index (χ4n) is 2.38. The number of carbonyl (C=O) groups is 1. The molecule has 1 aromatic carbocycles. The van der Waals surface area contributed by atoms with Crippen molar-refractivity contribution in [2.75, 3.05) is 18.4 Å². The number of rotatable bonds is 3. The third-order valence-electron chi connectivity index (χ3n) is 3.85. The van der Waals surface area contributed by atoms with Crippen molar-refractivity contribution in [1.82, 2.24) is 5.32 Å². The summed E-state index contributed by atoms with van der Waals surface area (Å²) in [5, 5.41) is 6.94. The van der Waals surface area contributed by atoms with Crippen LogP contribution < -0.4 is 10.6 Å². The van der Waals surface area contributed by atoms with Crippen molar-refractivity contribution < 1.29 is 4.79 Å². The van der Waals surface area contributed by atoms with Gasteiger partial charge in [-0.2, -0.15) is 0 Å². The van der Waals surface area contributed by atoms with E-state index in [1.165, 1.54) is 0 Å². The normalized spacial score (nSPS) is 23.1. The summed E-state index contributed by atoms with van der Waals surface area (Å²) in [6, 6.07) is 5.56. The standard InChI is InChI=1S/C14H19ClN2O/c1-3-14(6-7-16-9-14)13(18)17-12-8-11(15)5-4-10(12)2/h4-5,8,16H,3,6-7,9H2,1-2H3,(H,17,18). The van der Waals surface area contributed by atoms with Gasteiger partial charge in [0.05, 0.1) is 5.41 Å². The molecule has 1 unspecified atom stereocenters. The summed E-state index contributed by atoms with van der Waals surface area (Å²) < 4.78 is 0. The van der Waals surface area contributed by atoms with E-state index in [1.807, 2.05) is 19.1 Å². The quantitative estimate of drug-likeness (QED) is 0.883. The molecule has 1 fully saturated rings. The van der Waals surface area contributed by atoms with Crippen molar-refractivity contribution in [3.63, 3.8) is 0 Å². The lowest BCUT2D eigenvalue weighted by Crippen LogP contribution is -2.37. The number of nitrogens with one attached hydrogen (secondary N) is 2. The Balaban J connectivity index is 2.18. The number of hydrogen-bond acceptors (Lipinski definition) is 2. The molecular weight excluding hydrogens is 248 g/mol. The van der Waals surface area contributed by atoms with E-state index in [4.69, 9.17) is 11.6 Å². The van der Waals surface area contributed by atoms with Crippen LogP contribution in [0.3, 0.4) is 0 Å². The molecule has 1 atom stereocenters. The largest absolute Gasteiger partial charge is 0.325 e. The number of aryl methyl sites for hydroxylation is 1. The summed E-state index contributed by atoms with van der Waals surface area (Å²) in [4.78, 5) is 12.4. The van der Waals surface area contributed by atoms with Gasteiger partial charge in [0.1, 0.15) is 0 Å². The molecule has 98 valence electrons. The van der Waals surface area contributed by atoms with Crippen LogP contribution in [0, 0.1) is 12.3 Å². The summed E-state index contributed by atoms with van der Waals surface area (Å²) >= 11 is 5.96. The van der Waals surface area contributed by atoms with Crippen LogP contribution >= 0.6 is 11.6 Å². The van der Waals surface area contributed by atoms with Gasteiger partial charge in [0.25, 0.3) is 0 Å². The Labute approximate surface area is 113 Å². The second-order valence-electron chi connectivity index (χ2n) is 4.97. The molecule has 18 heavy (non-hydrogen) atoms. The summed E-state index contributed by atoms with van der Waals surface area (Å²) in [5.74, 6) is 0.0976. The first-order valence-electron chi connectivity index (χ1n) is 6.36. The van der Waals surface area contributed by atoms with Crippen LogP contribution in [0.1, 0.15) is 25.3 Å². The molecule has 0 aromatic heterocycles. The van der Waals surface area contributed by atoms with Gasteiger partial charge < -0.3 is 10.6 Å². The van der Waals surface area contributed by atoms with E-state index in [0.717, 1.165) is 37.2 Å².